The van der Waals surface area contributed by atoms with Crippen molar-refractivity contribution in [3.63, 3.8) is 0 Å². The Bertz CT molecular complexity index is 455. The number of hydrogen-bond donors (Lipinski definition) is 1. The molecule has 0 aliphatic heterocycles. The molecule has 2 N–H and O–H groups in total. The van der Waals surface area contributed by atoms with Gasteiger partial charge in [-0.3, -0.25) is 0 Å². The summed E-state index contributed by atoms with van der Waals surface area (Å²) in [4.78, 5) is 0. The van der Waals surface area contributed by atoms with E-state index in [1.54, 1.807) is 13.4 Å². The van der Waals surface area contributed by atoms with Crippen molar-refractivity contribution in [3.05, 3.63) is 48.0 Å². The zero-order chi connectivity index (χ0) is 12.1. The first kappa shape index (κ1) is 11.8. The van der Waals surface area contributed by atoms with Crippen LogP contribution in [0.4, 0.5) is 0 Å². The van der Waals surface area contributed by atoms with Crippen LogP contribution < -0.4 is 5.73 Å². The van der Waals surface area contributed by atoms with Crippen LogP contribution in [0.25, 0.3) is 0 Å². The first-order valence-electron chi connectivity index (χ1n) is 5.50. The van der Waals surface area contributed by atoms with Gasteiger partial charge in [0.1, 0.15) is 6.33 Å². The molecule has 2 rings (SSSR count). The van der Waals surface area contributed by atoms with Gasteiger partial charge < -0.3 is 15.0 Å². The Balaban J connectivity index is 2.19. The Morgan fingerprint density at radius 1 is 1.35 bits per heavy atom. The van der Waals surface area contributed by atoms with Crippen molar-refractivity contribution in [2.45, 2.75) is 12.6 Å². The number of aromatic nitrogens is 3. The molecule has 90 valence electrons. The second-order valence-corrected chi connectivity index (χ2v) is 3.76. The molecule has 17 heavy (non-hydrogen) atoms. The Morgan fingerprint density at radius 3 is 2.82 bits per heavy atom. The minimum atomic E-state index is -0.254. The summed E-state index contributed by atoms with van der Waals surface area (Å²) in [5.74, 6) is 0.758. The van der Waals surface area contributed by atoms with E-state index in [2.05, 4.69) is 10.2 Å². The van der Waals surface area contributed by atoms with Gasteiger partial charge in [0.15, 0.2) is 5.82 Å². The van der Waals surface area contributed by atoms with E-state index in [-0.39, 0.29) is 6.04 Å². The fourth-order valence-electron chi connectivity index (χ4n) is 1.68. The smallest absolute Gasteiger partial charge is 0.154 e. The Hall–Kier alpha value is -1.72. The zero-order valence-electron chi connectivity index (χ0n) is 9.78. The summed E-state index contributed by atoms with van der Waals surface area (Å²) in [6.07, 6.45) is 1.68. The number of rotatable bonds is 5. The highest BCUT2D eigenvalue weighted by Crippen LogP contribution is 2.16. The van der Waals surface area contributed by atoms with E-state index in [0.717, 1.165) is 11.4 Å². The molecule has 0 aliphatic rings. The summed E-state index contributed by atoms with van der Waals surface area (Å²) < 4.78 is 6.96. The van der Waals surface area contributed by atoms with Gasteiger partial charge in [0, 0.05) is 13.7 Å². The Morgan fingerprint density at radius 2 is 2.12 bits per heavy atom. The van der Waals surface area contributed by atoms with E-state index < -0.39 is 0 Å². The van der Waals surface area contributed by atoms with Crippen LogP contribution in [0.1, 0.15) is 17.4 Å². The SMILES string of the molecule is COCCn1cnnc1C(N)c1ccccc1. The third-order valence-electron chi connectivity index (χ3n) is 2.62. The van der Waals surface area contributed by atoms with E-state index >= 15 is 0 Å². The van der Waals surface area contributed by atoms with Crippen LogP contribution in [0.3, 0.4) is 0 Å². The van der Waals surface area contributed by atoms with Crippen molar-refractivity contribution < 1.29 is 4.74 Å². The highest BCUT2D eigenvalue weighted by molar-refractivity contribution is 5.23. The van der Waals surface area contributed by atoms with E-state index in [1.807, 2.05) is 34.9 Å². The normalized spacial score (nSPS) is 12.6. The van der Waals surface area contributed by atoms with Gasteiger partial charge in [-0.25, -0.2) is 0 Å². The largest absolute Gasteiger partial charge is 0.383 e. The average Bonchev–Trinajstić information content (AvgIpc) is 2.84. The molecule has 1 unspecified atom stereocenters. The molecule has 5 heteroatoms. The lowest BCUT2D eigenvalue weighted by molar-refractivity contribution is 0.186. The molecule has 1 aromatic carbocycles. The highest BCUT2D eigenvalue weighted by Gasteiger charge is 2.15. The van der Waals surface area contributed by atoms with Crippen molar-refractivity contribution in [2.24, 2.45) is 5.73 Å². The second-order valence-electron chi connectivity index (χ2n) is 3.76. The van der Waals surface area contributed by atoms with Crippen LogP contribution in [0.5, 0.6) is 0 Å². The number of nitrogens with two attached hydrogens (primary N) is 1. The van der Waals surface area contributed by atoms with E-state index in [0.29, 0.717) is 13.2 Å². The molecule has 0 fully saturated rings. The fourth-order valence-corrected chi connectivity index (χ4v) is 1.68. The van der Waals surface area contributed by atoms with E-state index in [4.69, 9.17) is 10.5 Å². The summed E-state index contributed by atoms with van der Waals surface area (Å²) in [5, 5.41) is 7.98. The van der Waals surface area contributed by atoms with Gasteiger partial charge in [-0.2, -0.15) is 0 Å². The van der Waals surface area contributed by atoms with E-state index in [1.165, 1.54) is 0 Å². The Labute approximate surface area is 100 Å². The summed E-state index contributed by atoms with van der Waals surface area (Å²) >= 11 is 0. The molecule has 0 spiro atoms. The molecular weight excluding hydrogens is 216 g/mol. The number of methoxy groups -OCH3 is 1. The van der Waals surface area contributed by atoms with Crippen molar-refractivity contribution in [3.8, 4) is 0 Å². The summed E-state index contributed by atoms with van der Waals surface area (Å²) in [6, 6.07) is 9.61. The third-order valence-corrected chi connectivity index (χ3v) is 2.62. The fraction of sp³-hybridized carbons (Fsp3) is 0.333. The molecular formula is C12H16N4O. The van der Waals surface area contributed by atoms with Gasteiger partial charge in [-0.05, 0) is 5.56 Å². The molecule has 0 amide bonds. The van der Waals surface area contributed by atoms with Crippen molar-refractivity contribution >= 4 is 0 Å². The predicted octanol–water partition coefficient (Wildman–Crippen LogP) is 0.973. The molecule has 0 bridgehead atoms. The molecule has 0 saturated heterocycles. The monoisotopic (exact) mass is 232 g/mol. The molecule has 0 radical (unpaired) electrons. The average molecular weight is 232 g/mol. The van der Waals surface area contributed by atoms with Gasteiger partial charge >= 0.3 is 0 Å². The summed E-state index contributed by atoms with van der Waals surface area (Å²) in [6.45, 7) is 1.33. The lowest BCUT2D eigenvalue weighted by Gasteiger charge is -2.12. The van der Waals surface area contributed by atoms with Crippen molar-refractivity contribution in [2.75, 3.05) is 13.7 Å². The molecule has 0 saturated carbocycles. The van der Waals surface area contributed by atoms with Gasteiger partial charge in [-0.1, -0.05) is 30.3 Å². The molecule has 0 aliphatic carbocycles. The van der Waals surface area contributed by atoms with Gasteiger partial charge in [-0.15, -0.1) is 10.2 Å². The maximum atomic E-state index is 6.17. The highest BCUT2D eigenvalue weighted by atomic mass is 16.5. The second kappa shape index (κ2) is 5.56. The summed E-state index contributed by atoms with van der Waals surface area (Å²) in [7, 11) is 1.67. The van der Waals surface area contributed by atoms with Crippen LogP contribution in [0.15, 0.2) is 36.7 Å². The number of ether oxygens (including phenoxy) is 1. The lowest BCUT2D eigenvalue weighted by atomic mass is 10.1. The van der Waals surface area contributed by atoms with Crippen LogP contribution in [-0.4, -0.2) is 28.5 Å². The van der Waals surface area contributed by atoms with Crippen molar-refractivity contribution in [1.29, 1.82) is 0 Å². The molecule has 2 aromatic rings. The van der Waals surface area contributed by atoms with Gasteiger partial charge in [0.05, 0.1) is 12.6 Å². The zero-order valence-corrected chi connectivity index (χ0v) is 9.78. The van der Waals surface area contributed by atoms with Crippen LogP contribution in [0.2, 0.25) is 0 Å². The lowest BCUT2D eigenvalue weighted by Crippen LogP contribution is -2.19. The molecule has 1 atom stereocenters. The first-order valence-corrected chi connectivity index (χ1v) is 5.50. The minimum Gasteiger partial charge on any atom is -0.383 e. The third kappa shape index (κ3) is 2.69. The van der Waals surface area contributed by atoms with Crippen LogP contribution >= 0.6 is 0 Å². The van der Waals surface area contributed by atoms with Crippen molar-refractivity contribution in [1.82, 2.24) is 14.8 Å². The van der Waals surface area contributed by atoms with E-state index in [9.17, 15) is 0 Å². The quantitative estimate of drug-likeness (QED) is 0.834. The topological polar surface area (TPSA) is 66.0 Å². The van der Waals surface area contributed by atoms with Crippen LogP contribution in [-0.2, 0) is 11.3 Å². The molecule has 1 aromatic heterocycles. The minimum absolute atomic E-state index is 0.254. The standard InChI is InChI=1S/C12H16N4O/c1-17-8-7-16-9-14-15-12(16)11(13)10-5-3-2-4-6-10/h2-6,9,11H,7-8,13H2,1H3. The number of benzene rings is 1. The van der Waals surface area contributed by atoms with Crippen LogP contribution in [0, 0.1) is 0 Å². The Kier molecular flexibility index (Phi) is 3.85. The van der Waals surface area contributed by atoms with Gasteiger partial charge in [0.2, 0.25) is 0 Å². The molecule has 5 nitrogen and oxygen atoms in total. The maximum absolute atomic E-state index is 6.17. The number of hydrogen-bond acceptors (Lipinski definition) is 4. The summed E-state index contributed by atoms with van der Waals surface area (Å²) in [5.41, 5.74) is 7.20. The predicted molar refractivity (Wildman–Crippen MR) is 64.4 cm³/mol. The maximum Gasteiger partial charge on any atom is 0.154 e. The van der Waals surface area contributed by atoms with Gasteiger partial charge in [0.25, 0.3) is 0 Å². The first-order chi connectivity index (χ1) is 8.33. The molecule has 1 heterocycles. The number of nitrogens with zero attached hydrogens (tertiary/aromatic N) is 3.